The number of hydrogen-bond donors (Lipinski definition) is 2. The van der Waals surface area contributed by atoms with Crippen LogP contribution >= 0.6 is 12.2 Å². The summed E-state index contributed by atoms with van der Waals surface area (Å²) in [4.78, 5) is 24.9. The molecule has 0 aromatic heterocycles. The highest BCUT2D eigenvalue weighted by molar-refractivity contribution is 7.80. The average Bonchev–Trinajstić information content (AvgIpc) is 2.66. The minimum absolute atomic E-state index is 0.353. The van der Waals surface area contributed by atoms with Crippen molar-refractivity contribution < 1.29 is 14.3 Å². The maximum Gasteiger partial charge on any atom is 0.337 e. The molecular formula is C20H23N3O3S. The van der Waals surface area contributed by atoms with E-state index in [1.165, 1.54) is 7.11 Å². The van der Waals surface area contributed by atoms with Crippen molar-refractivity contribution in [2.75, 3.05) is 23.9 Å². The lowest BCUT2D eigenvalue weighted by atomic mass is 10.1. The lowest BCUT2D eigenvalue weighted by Gasteiger charge is -2.29. The van der Waals surface area contributed by atoms with Crippen molar-refractivity contribution in [2.45, 2.75) is 13.8 Å². The number of methoxy groups -OCH3 is 1. The summed E-state index contributed by atoms with van der Waals surface area (Å²) in [6.45, 7) is 4.10. The third-order valence-corrected chi connectivity index (χ3v) is 4.47. The first-order chi connectivity index (χ1) is 12.8. The van der Waals surface area contributed by atoms with Crippen LogP contribution in [0, 0.1) is 12.8 Å². The summed E-state index contributed by atoms with van der Waals surface area (Å²) < 4.78 is 4.70. The highest BCUT2D eigenvalue weighted by Gasteiger charge is 2.20. The summed E-state index contributed by atoms with van der Waals surface area (Å²) >= 11 is 5.58. The number of para-hydroxylation sites is 1. The molecule has 0 spiro atoms. The van der Waals surface area contributed by atoms with E-state index in [2.05, 4.69) is 5.32 Å². The Morgan fingerprint density at radius 2 is 1.81 bits per heavy atom. The highest BCUT2D eigenvalue weighted by Crippen LogP contribution is 2.22. The number of thiocarbonyl (C=S) groups is 1. The maximum absolute atomic E-state index is 11.5. The molecule has 0 heterocycles. The summed E-state index contributed by atoms with van der Waals surface area (Å²) in [6.07, 6.45) is 0. The molecule has 3 N–H and O–H groups in total. The zero-order chi connectivity index (χ0) is 20.0. The van der Waals surface area contributed by atoms with Gasteiger partial charge in [-0.2, -0.15) is 0 Å². The van der Waals surface area contributed by atoms with Crippen LogP contribution in [-0.4, -0.2) is 30.6 Å². The van der Waals surface area contributed by atoms with Gasteiger partial charge in [0.05, 0.1) is 18.6 Å². The third-order valence-electron chi connectivity index (χ3n) is 4.15. The molecule has 2 aromatic carbocycles. The minimum Gasteiger partial charge on any atom is -0.465 e. The van der Waals surface area contributed by atoms with Crippen molar-refractivity contribution in [2.24, 2.45) is 11.7 Å². The van der Waals surface area contributed by atoms with Crippen LogP contribution in [0.1, 0.15) is 22.8 Å². The monoisotopic (exact) mass is 385 g/mol. The van der Waals surface area contributed by atoms with E-state index in [-0.39, 0.29) is 11.8 Å². The van der Waals surface area contributed by atoms with Crippen molar-refractivity contribution in [3.63, 3.8) is 0 Å². The van der Waals surface area contributed by atoms with Gasteiger partial charge in [-0.3, -0.25) is 4.79 Å². The number of esters is 1. The van der Waals surface area contributed by atoms with Gasteiger partial charge >= 0.3 is 5.97 Å². The fourth-order valence-corrected chi connectivity index (χ4v) is 2.81. The van der Waals surface area contributed by atoms with Crippen LogP contribution in [0.25, 0.3) is 0 Å². The lowest BCUT2D eigenvalue weighted by Crippen LogP contribution is -2.41. The van der Waals surface area contributed by atoms with Crippen molar-refractivity contribution in [3.8, 4) is 0 Å². The zero-order valence-corrected chi connectivity index (χ0v) is 16.4. The van der Waals surface area contributed by atoms with Gasteiger partial charge < -0.3 is 20.7 Å². The fraction of sp³-hybridized carbons (Fsp3) is 0.250. The molecule has 2 rings (SSSR count). The molecule has 0 fully saturated rings. The Morgan fingerprint density at radius 3 is 2.37 bits per heavy atom. The molecule has 2 aromatic rings. The van der Waals surface area contributed by atoms with Gasteiger partial charge in [-0.05, 0) is 55.0 Å². The molecule has 0 radical (unpaired) electrons. The normalized spacial score (nSPS) is 11.4. The van der Waals surface area contributed by atoms with Gasteiger partial charge in [-0.25, -0.2) is 4.79 Å². The summed E-state index contributed by atoms with van der Waals surface area (Å²) in [5.74, 6) is -1.18. The van der Waals surface area contributed by atoms with Crippen LogP contribution in [0.15, 0.2) is 48.5 Å². The molecule has 6 nitrogen and oxygen atoms in total. The molecule has 1 unspecified atom stereocenters. The Morgan fingerprint density at radius 1 is 1.19 bits per heavy atom. The number of ether oxygens (including phenoxy) is 1. The number of nitrogens with zero attached hydrogens (tertiary/aromatic N) is 1. The molecule has 0 saturated carbocycles. The maximum atomic E-state index is 11.5. The number of nitrogens with one attached hydrogen (secondary N) is 1. The summed E-state index contributed by atoms with van der Waals surface area (Å²) in [7, 11) is 1.34. The Hall–Kier alpha value is -2.93. The first-order valence-electron chi connectivity index (χ1n) is 8.45. The smallest absolute Gasteiger partial charge is 0.337 e. The Balaban J connectivity index is 2.24. The third kappa shape index (κ3) is 5.27. The Kier molecular flexibility index (Phi) is 6.90. The van der Waals surface area contributed by atoms with Gasteiger partial charge in [-0.1, -0.05) is 25.1 Å². The van der Waals surface area contributed by atoms with Gasteiger partial charge in [0.15, 0.2) is 5.11 Å². The molecule has 1 amide bonds. The predicted octanol–water partition coefficient (Wildman–Crippen LogP) is 3.11. The number of nitrogens with two attached hydrogens (primary N) is 1. The van der Waals surface area contributed by atoms with E-state index in [1.54, 1.807) is 31.2 Å². The Labute approximate surface area is 164 Å². The fourth-order valence-electron chi connectivity index (χ4n) is 2.52. The van der Waals surface area contributed by atoms with Crippen LogP contribution in [0.5, 0.6) is 0 Å². The number of anilines is 2. The van der Waals surface area contributed by atoms with Gasteiger partial charge in [0.25, 0.3) is 0 Å². The van der Waals surface area contributed by atoms with Crippen LogP contribution < -0.4 is 16.0 Å². The lowest BCUT2D eigenvalue weighted by molar-refractivity contribution is -0.120. The van der Waals surface area contributed by atoms with Gasteiger partial charge in [0.1, 0.15) is 0 Å². The largest absolute Gasteiger partial charge is 0.465 e. The second-order valence-corrected chi connectivity index (χ2v) is 6.59. The minimum atomic E-state index is -0.402. The molecule has 27 heavy (non-hydrogen) atoms. The number of carbonyl (C=O) groups excluding carboxylic acids is 2. The SMILES string of the molecule is COC(=O)c1ccc(NC(=S)N(CC(C)C(N)=O)c2ccccc2C)cc1. The summed E-state index contributed by atoms with van der Waals surface area (Å²) in [5.41, 5.74) is 8.53. The van der Waals surface area contributed by atoms with Crippen molar-refractivity contribution >= 4 is 40.6 Å². The molecule has 7 heteroatoms. The van der Waals surface area contributed by atoms with E-state index >= 15 is 0 Å². The second-order valence-electron chi connectivity index (χ2n) is 6.20. The van der Waals surface area contributed by atoms with Crippen molar-refractivity contribution in [3.05, 3.63) is 59.7 Å². The number of primary amides is 1. The van der Waals surface area contributed by atoms with E-state index in [0.717, 1.165) is 16.9 Å². The number of carbonyl (C=O) groups is 2. The molecular weight excluding hydrogens is 362 g/mol. The molecule has 0 aliphatic carbocycles. The molecule has 0 bridgehead atoms. The summed E-state index contributed by atoms with van der Waals surface area (Å²) in [5, 5.41) is 3.58. The van der Waals surface area contributed by atoms with Crippen LogP contribution in [0.2, 0.25) is 0 Å². The van der Waals surface area contributed by atoms with Gasteiger partial charge in [0, 0.05) is 17.9 Å². The van der Waals surface area contributed by atoms with Crippen molar-refractivity contribution in [1.29, 1.82) is 0 Å². The first-order valence-corrected chi connectivity index (χ1v) is 8.86. The molecule has 0 saturated heterocycles. The van der Waals surface area contributed by atoms with Crippen LogP contribution in [-0.2, 0) is 9.53 Å². The number of amides is 1. The molecule has 1 atom stereocenters. The average molecular weight is 385 g/mol. The highest BCUT2D eigenvalue weighted by atomic mass is 32.1. The van der Waals surface area contributed by atoms with E-state index < -0.39 is 5.97 Å². The quantitative estimate of drug-likeness (QED) is 0.587. The standard InChI is InChI=1S/C20H23N3O3S/c1-13-6-4-5-7-17(13)23(12-14(2)18(21)24)20(27)22-16-10-8-15(9-11-16)19(25)26-3/h4-11,14H,12H2,1-3H3,(H2,21,24)(H,22,27). The van der Waals surface area contributed by atoms with E-state index in [0.29, 0.717) is 17.2 Å². The first kappa shape index (κ1) is 20.4. The number of benzene rings is 2. The van der Waals surface area contributed by atoms with Gasteiger partial charge in [-0.15, -0.1) is 0 Å². The van der Waals surface area contributed by atoms with Crippen molar-refractivity contribution in [1.82, 2.24) is 0 Å². The Bertz CT molecular complexity index is 837. The van der Waals surface area contributed by atoms with Crippen LogP contribution in [0.3, 0.4) is 0 Å². The molecule has 0 aliphatic heterocycles. The van der Waals surface area contributed by atoms with E-state index in [4.69, 9.17) is 22.7 Å². The number of aryl methyl sites for hydroxylation is 1. The number of rotatable bonds is 6. The van der Waals surface area contributed by atoms with E-state index in [1.807, 2.05) is 36.1 Å². The second kappa shape index (κ2) is 9.14. The topological polar surface area (TPSA) is 84.7 Å². The zero-order valence-electron chi connectivity index (χ0n) is 15.6. The molecule has 142 valence electrons. The number of hydrogen-bond acceptors (Lipinski definition) is 4. The molecule has 0 aliphatic rings. The predicted molar refractivity (Wildman–Crippen MR) is 111 cm³/mol. The van der Waals surface area contributed by atoms with E-state index in [9.17, 15) is 9.59 Å². The van der Waals surface area contributed by atoms with Gasteiger partial charge in [0.2, 0.25) is 5.91 Å². The summed E-state index contributed by atoms with van der Waals surface area (Å²) in [6, 6.07) is 14.6. The van der Waals surface area contributed by atoms with Crippen LogP contribution in [0.4, 0.5) is 11.4 Å².